The number of hydrogen-bond donors (Lipinski definition) is 0. The molecule has 2 rings (SSSR count). The molecule has 6 heteroatoms. The molecular formula is C16H18BrNO3S. The third-order valence-corrected chi connectivity index (χ3v) is 5.84. The molecule has 0 aromatic heterocycles. The first-order valence-corrected chi connectivity index (χ1v) is 9.06. The van der Waals surface area contributed by atoms with E-state index in [1.807, 2.05) is 32.0 Å². The highest BCUT2D eigenvalue weighted by molar-refractivity contribution is 9.10. The molecule has 0 fully saturated rings. The summed E-state index contributed by atoms with van der Waals surface area (Å²) in [5.74, 6) is 0.487. The van der Waals surface area contributed by atoms with Crippen molar-refractivity contribution in [2.24, 2.45) is 0 Å². The summed E-state index contributed by atoms with van der Waals surface area (Å²) in [6.45, 7) is 4.10. The minimum atomic E-state index is -3.64. The highest BCUT2D eigenvalue weighted by Crippen LogP contribution is 2.30. The summed E-state index contributed by atoms with van der Waals surface area (Å²) in [5, 5.41) is 0. The molecule has 0 aliphatic heterocycles. The van der Waals surface area contributed by atoms with Crippen LogP contribution in [0.25, 0.3) is 0 Å². The van der Waals surface area contributed by atoms with Crippen molar-refractivity contribution < 1.29 is 13.2 Å². The van der Waals surface area contributed by atoms with Crippen molar-refractivity contribution in [2.75, 3.05) is 18.0 Å². The van der Waals surface area contributed by atoms with Crippen LogP contribution in [-0.2, 0) is 10.0 Å². The molecule has 4 nitrogen and oxygen atoms in total. The molecule has 0 spiro atoms. The molecule has 0 saturated heterocycles. The summed E-state index contributed by atoms with van der Waals surface area (Å²) in [4.78, 5) is 0.205. The van der Waals surface area contributed by atoms with Gasteiger partial charge in [0, 0.05) is 12.6 Å². The van der Waals surface area contributed by atoms with Crippen LogP contribution in [0.3, 0.4) is 0 Å². The van der Waals surface area contributed by atoms with E-state index in [9.17, 15) is 8.42 Å². The zero-order chi connectivity index (χ0) is 16.3. The molecule has 0 amide bonds. The van der Waals surface area contributed by atoms with E-state index >= 15 is 0 Å². The average Bonchev–Trinajstić information content (AvgIpc) is 2.48. The van der Waals surface area contributed by atoms with Gasteiger partial charge in [-0.3, -0.25) is 4.31 Å². The third kappa shape index (κ3) is 3.28. The first-order valence-electron chi connectivity index (χ1n) is 6.83. The van der Waals surface area contributed by atoms with Crippen LogP contribution in [0.1, 0.15) is 12.5 Å². The highest BCUT2D eigenvalue weighted by Gasteiger charge is 2.24. The molecule has 0 bridgehead atoms. The Labute approximate surface area is 139 Å². The summed E-state index contributed by atoms with van der Waals surface area (Å²) < 4.78 is 33.1. The number of methoxy groups -OCH3 is 1. The Kier molecular flexibility index (Phi) is 5.13. The lowest BCUT2D eigenvalue weighted by atomic mass is 10.2. The second-order valence-electron chi connectivity index (χ2n) is 4.81. The Hall–Kier alpha value is -1.53. The minimum absolute atomic E-state index is 0.205. The van der Waals surface area contributed by atoms with Crippen LogP contribution in [0.2, 0.25) is 0 Å². The number of aryl methyl sites for hydroxylation is 1. The highest BCUT2D eigenvalue weighted by atomic mass is 79.9. The second kappa shape index (κ2) is 6.71. The topological polar surface area (TPSA) is 46.6 Å². The average molecular weight is 384 g/mol. The predicted octanol–water partition coefficient (Wildman–Crippen LogP) is 3.98. The Morgan fingerprint density at radius 3 is 2.50 bits per heavy atom. The van der Waals surface area contributed by atoms with Crippen LogP contribution in [0.4, 0.5) is 5.69 Å². The van der Waals surface area contributed by atoms with Crippen LogP contribution in [-0.4, -0.2) is 22.1 Å². The molecule has 2 aromatic rings. The van der Waals surface area contributed by atoms with E-state index in [1.165, 1.54) is 17.5 Å². The summed E-state index contributed by atoms with van der Waals surface area (Å²) in [5.41, 5.74) is 1.67. The van der Waals surface area contributed by atoms with Gasteiger partial charge >= 0.3 is 0 Å². The van der Waals surface area contributed by atoms with Crippen molar-refractivity contribution >= 4 is 31.6 Å². The number of halogens is 1. The van der Waals surface area contributed by atoms with Crippen molar-refractivity contribution in [3.05, 3.63) is 52.5 Å². The molecule has 2 aromatic carbocycles. The van der Waals surface area contributed by atoms with Gasteiger partial charge in [0.15, 0.2) is 0 Å². The summed E-state index contributed by atoms with van der Waals surface area (Å²) >= 11 is 3.33. The Bertz CT molecular complexity index is 775. The van der Waals surface area contributed by atoms with E-state index in [0.717, 1.165) is 5.56 Å². The Morgan fingerprint density at radius 2 is 1.91 bits per heavy atom. The molecule has 22 heavy (non-hydrogen) atoms. The standard InChI is InChI=1S/C16H18BrNO3S/c1-4-18(13-7-5-6-12(2)10-13)22(19,20)14-8-9-15(17)16(11-14)21-3/h5-11H,4H2,1-3H3. The summed E-state index contributed by atoms with van der Waals surface area (Å²) in [6.07, 6.45) is 0. The van der Waals surface area contributed by atoms with Crippen LogP contribution in [0, 0.1) is 6.92 Å². The number of rotatable bonds is 5. The molecular weight excluding hydrogens is 366 g/mol. The molecule has 0 atom stereocenters. The van der Waals surface area contributed by atoms with Crippen molar-refractivity contribution in [1.29, 1.82) is 0 Å². The van der Waals surface area contributed by atoms with Gasteiger partial charge in [-0.15, -0.1) is 0 Å². The van der Waals surface area contributed by atoms with Gasteiger partial charge in [0.1, 0.15) is 5.75 Å². The van der Waals surface area contributed by atoms with E-state index in [4.69, 9.17) is 4.74 Å². The van der Waals surface area contributed by atoms with Gasteiger partial charge in [-0.1, -0.05) is 12.1 Å². The minimum Gasteiger partial charge on any atom is -0.496 e. The van der Waals surface area contributed by atoms with Crippen LogP contribution in [0.15, 0.2) is 51.8 Å². The van der Waals surface area contributed by atoms with Gasteiger partial charge in [-0.05, 0) is 59.6 Å². The van der Waals surface area contributed by atoms with Crippen molar-refractivity contribution in [1.82, 2.24) is 0 Å². The van der Waals surface area contributed by atoms with Crippen LogP contribution < -0.4 is 9.04 Å². The fraction of sp³-hybridized carbons (Fsp3) is 0.250. The number of ether oxygens (including phenoxy) is 1. The zero-order valence-corrected chi connectivity index (χ0v) is 15.1. The van der Waals surface area contributed by atoms with E-state index in [-0.39, 0.29) is 4.90 Å². The van der Waals surface area contributed by atoms with E-state index in [1.54, 1.807) is 18.2 Å². The van der Waals surface area contributed by atoms with Gasteiger partial charge < -0.3 is 4.74 Å². The maximum absolute atomic E-state index is 12.9. The van der Waals surface area contributed by atoms with Gasteiger partial charge in [0.05, 0.1) is 22.2 Å². The maximum Gasteiger partial charge on any atom is 0.264 e. The lowest BCUT2D eigenvalue weighted by Gasteiger charge is -2.23. The number of nitrogens with zero attached hydrogens (tertiary/aromatic N) is 1. The fourth-order valence-corrected chi connectivity index (χ4v) is 4.09. The Balaban J connectivity index is 2.52. The first-order chi connectivity index (χ1) is 10.4. The summed E-state index contributed by atoms with van der Waals surface area (Å²) in [7, 11) is -2.13. The molecule has 0 saturated carbocycles. The number of anilines is 1. The molecule has 118 valence electrons. The molecule has 0 unspecified atom stereocenters. The van der Waals surface area contributed by atoms with Gasteiger partial charge in [-0.25, -0.2) is 8.42 Å². The first kappa shape index (κ1) is 16.8. The van der Waals surface area contributed by atoms with Gasteiger partial charge in [0.25, 0.3) is 10.0 Å². The predicted molar refractivity (Wildman–Crippen MR) is 92.1 cm³/mol. The molecule has 0 N–H and O–H groups in total. The largest absolute Gasteiger partial charge is 0.496 e. The zero-order valence-electron chi connectivity index (χ0n) is 12.7. The van der Waals surface area contributed by atoms with E-state index < -0.39 is 10.0 Å². The number of sulfonamides is 1. The molecule has 0 radical (unpaired) electrons. The van der Waals surface area contributed by atoms with Crippen molar-refractivity contribution in [2.45, 2.75) is 18.7 Å². The van der Waals surface area contributed by atoms with Crippen LogP contribution in [0.5, 0.6) is 5.75 Å². The second-order valence-corrected chi connectivity index (χ2v) is 7.52. The lowest BCUT2D eigenvalue weighted by Crippen LogP contribution is -2.30. The van der Waals surface area contributed by atoms with Gasteiger partial charge in [-0.2, -0.15) is 0 Å². The third-order valence-electron chi connectivity index (χ3n) is 3.29. The lowest BCUT2D eigenvalue weighted by molar-refractivity contribution is 0.410. The van der Waals surface area contributed by atoms with Gasteiger partial charge in [0.2, 0.25) is 0 Å². The monoisotopic (exact) mass is 383 g/mol. The molecule has 0 aliphatic rings. The normalized spacial score (nSPS) is 11.3. The molecule has 0 aliphatic carbocycles. The van der Waals surface area contributed by atoms with Crippen LogP contribution >= 0.6 is 15.9 Å². The number of hydrogen-bond acceptors (Lipinski definition) is 3. The van der Waals surface area contributed by atoms with Crippen molar-refractivity contribution in [3.8, 4) is 5.75 Å². The van der Waals surface area contributed by atoms with E-state index in [2.05, 4.69) is 15.9 Å². The van der Waals surface area contributed by atoms with E-state index in [0.29, 0.717) is 22.5 Å². The fourth-order valence-electron chi connectivity index (χ4n) is 2.20. The number of benzene rings is 2. The smallest absolute Gasteiger partial charge is 0.264 e. The SMILES string of the molecule is CCN(c1cccc(C)c1)S(=O)(=O)c1ccc(Br)c(OC)c1. The van der Waals surface area contributed by atoms with Crippen molar-refractivity contribution in [3.63, 3.8) is 0 Å². The maximum atomic E-state index is 12.9. The summed E-state index contributed by atoms with van der Waals surface area (Å²) in [6, 6.07) is 12.2. The molecule has 0 heterocycles. The quantitative estimate of drug-likeness (QED) is 0.784. The Morgan fingerprint density at radius 1 is 1.18 bits per heavy atom.